The van der Waals surface area contributed by atoms with E-state index in [2.05, 4.69) is 4.98 Å². The topological polar surface area (TPSA) is 51.7 Å². The van der Waals surface area contributed by atoms with Crippen LogP contribution < -0.4 is 9.47 Å². The van der Waals surface area contributed by atoms with Gasteiger partial charge in [-0.25, -0.2) is 4.98 Å². The van der Waals surface area contributed by atoms with Crippen LogP contribution in [0.15, 0.2) is 58.3 Å². The molecule has 0 aliphatic heterocycles. The van der Waals surface area contributed by atoms with E-state index in [-0.39, 0.29) is 5.91 Å². The SMILES string of the molecule is CCN(Cc1ccc(OC)c(OC)c1)C(=O)c1ccccc1SCc1cscn1. The predicted octanol–water partition coefficient (Wildman–Crippen LogP) is 5.11. The number of benzene rings is 2. The van der Waals surface area contributed by atoms with E-state index in [1.54, 1.807) is 37.3 Å². The van der Waals surface area contributed by atoms with E-state index in [1.807, 2.05) is 65.2 Å². The van der Waals surface area contributed by atoms with Gasteiger partial charge < -0.3 is 14.4 Å². The second-order valence-corrected chi connectivity index (χ2v) is 8.01. The predicted molar refractivity (Wildman–Crippen MR) is 118 cm³/mol. The Kier molecular flexibility index (Phi) is 7.55. The quantitative estimate of drug-likeness (QED) is 0.443. The Bertz CT molecular complexity index is 945. The average molecular weight is 429 g/mol. The zero-order valence-corrected chi connectivity index (χ0v) is 18.4. The summed E-state index contributed by atoms with van der Waals surface area (Å²) in [5, 5.41) is 2.03. The molecule has 0 saturated heterocycles. The Morgan fingerprint density at radius 1 is 1.14 bits per heavy atom. The minimum absolute atomic E-state index is 0.0173. The first-order valence-electron chi connectivity index (χ1n) is 9.25. The first kappa shape index (κ1) is 21.2. The third kappa shape index (κ3) is 5.31. The van der Waals surface area contributed by atoms with Crippen LogP contribution in [0.3, 0.4) is 0 Å². The van der Waals surface area contributed by atoms with E-state index >= 15 is 0 Å². The number of thioether (sulfide) groups is 1. The molecule has 0 aliphatic rings. The van der Waals surface area contributed by atoms with Gasteiger partial charge in [0.25, 0.3) is 5.91 Å². The van der Waals surface area contributed by atoms with E-state index < -0.39 is 0 Å². The van der Waals surface area contributed by atoms with Crippen LogP contribution in [0.5, 0.6) is 11.5 Å². The molecule has 0 bridgehead atoms. The number of amides is 1. The van der Waals surface area contributed by atoms with Crippen molar-refractivity contribution in [3.63, 3.8) is 0 Å². The Hall–Kier alpha value is -2.51. The van der Waals surface area contributed by atoms with Crippen molar-refractivity contribution in [2.75, 3.05) is 20.8 Å². The van der Waals surface area contributed by atoms with Crippen LogP contribution in [0.4, 0.5) is 0 Å². The van der Waals surface area contributed by atoms with Crippen molar-refractivity contribution in [1.82, 2.24) is 9.88 Å². The van der Waals surface area contributed by atoms with Crippen LogP contribution >= 0.6 is 23.1 Å². The fraction of sp³-hybridized carbons (Fsp3) is 0.273. The van der Waals surface area contributed by atoms with E-state index in [0.29, 0.717) is 24.6 Å². The molecule has 0 saturated carbocycles. The summed E-state index contributed by atoms with van der Waals surface area (Å²) < 4.78 is 10.7. The maximum Gasteiger partial charge on any atom is 0.255 e. The van der Waals surface area contributed by atoms with Gasteiger partial charge in [0.15, 0.2) is 11.5 Å². The minimum atomic E-state index is 0.0173. The van der Waals surface area contributed by atoms with Gasteiger partial charge in [-0.1, -0.05) is 18.2 Å². The number of thiazole rings is 1. The fourth-order valence-corrected chi connectivity index (χ4v) is 4.54. The molecule has 0 radical (unpaired) electrons. The Morgan fingerprint density at radius 2 is 1.93 bits per heavy atom. The molecule has 0 spiro atoms. The number of methoxy groups -OCH3 is 2. The molecule has 5 nitrogen and oxygen atoms in total. The molecule has 1 amide bonds. The highest BCUT2D eigenvalue weighted by atomic mass is 32.2. The smallest absolute Gasteiger partial charge is 0.255 e. The van der Waals surface area contributed by atoms with E-state index in [1.165, 1.54) is 0 Å². The molecule has 3 aromatic rings. The highest BCUT2D eigenvalue weighted by Crippen LogP contribution is 2.30. The van der Waals surface area contributed by atoms with Crippen molar-refractivity contribution in [3.05, 3.63) is 70.2 Å². The highest BCUT2D eigenvalue weighted by molar-refractivity contribution is 7.98. The number of hydrogen-bond donors (Lipinski definition) is 0. The molecule has 1 heterocycles. The molecule has 2 aromatic carbocycles. The van der Waals surface area contributed by atoms with Crippen molar-refractivity contribution in [3.8, 4) is 11.5 Å². The number of hydrogen-bond acceptors (Lipinski definition) is 6. The third-order valence-corrected chi connectivity index (χ3v) is 6.21. The summed E-state index contributed by atoms with van der Waals surface area (Å²) in [6.07, 6.45) is 0. The lowest BCUT2D eigenvalue weighted by Crippen LogP contribution is -2.30. The Morgan fingerprint density at radius 3 is 2.62 bits per heavy atom. The Labute approximate surface area is 179 Å². The molecular formula is C22H24N2O3S2. The van der Waals surface area contributed by atoms with Crippen LogP contribution in [0, 0.1) is 0 Å². The Balaban J connectivity index is 1.77. The van der Waals surface area contributed by atoms with Crippen molar-refractivity contribution in [2.24, 2.45) is 0 Å². The number of carbonyl (C=O) groups excluding carboxylic acids is 1. The summed E-state index contributed by atoms with van der Waals surface area (Å²) in [4.78, 5) is 20.4. The van der Waals surface area contributed by atoms with Gasteiger partial charge >= 0.3 is 0 Å². The summed E-state index contributed by atoms with van der Waals surface area (Å²) >= 11 is 3.22. The minimum Gasteiger partial charge on any atom is -0.493 e. The monoisotopic (exact) mass is 428 g/mol. The van der Waals surface area contributed by atoms with Crippen molar-refractivity contribution in [2.45, 2.75) is 24.1 Å². The zero-order valence-electron chi connectivity index (χ0n) is 16.8. The van der Waals surface area contributed by atoms with Crippen LogP contribution in [0.2, 0.25) is 0 Å². The number of carbonyl (C=O) groups is 1. The maximum atomic E-state index is 13.3. The summed E-state index contributed by atoms with van der Waals surface area (Å²) in [6, 6.07) is 13.5. The van der Waals surface area contributed by atoms with E-state index in [0.717, 1.165) is 27.5 Å². The van der Waals surface area contributed by atoms with Crippen LogP contribution in [0.1, 0.15) is 28.5 Å². The molecule has 29 heavy (non-hydrogen) atoms. The van der Waals surface area contributed by atoms with Crippen LogP contribution in [-0.4, -0.2) is 36.6 Å². The van der Waals surface area contributed by atoms with Crippen LogP contribution in [-0.2, 0) is 12.3 Å². The summed E-state index contributed by atoms with van der Waals surface area (Å²) in [7, 11) is 3.22. The number of nitrogens with zero attached hydrogens (tertiary/aromatic N) is 2. The largest absolute Gasteiger partial charge is 0.493 e. The zero-order chi connectivity index (χ0) is 20.6. The number of rotatable bonds is 9. The molecule has 1 aromatic heterocycles. The van der Waals surface area contributed by atoms with Gasteiger partial charge in [-0.15, -0.1) is 23.1 Å². The average Bonchev–Trinajstić information content (AvgIpc) is 3.29. The summed E-state index contributed by atoms with van der Waals surface area (Å²) in [5.74, 6) is 2.10. The van der Waals surface area contributed by atoms with Gasteiger partial charge in [0.05, 0.1) is 31.0 Å². The summed E-state index contributed by atoms with van der Waals surface area (Å²) in [5.41, 5.74) is 4.56. The van der Waals surface area contributed by atoms with Crippen LogP contribution in [0.25, 0.3) is 0 Å². The van der Waals surface area contributed by atoms with Crippen molar-refractivity contribution >= 4 is 29.0 Å². The lowest BCUT2D eigenvalue weighted by atomic mass is 10.1. The lowest BCUT2D eigenvalue weighted by Gasteiger charge is -2.23. The second kappa shape index (κ2) is 10.3. The highest BCUT2D eigenvalue weighted by Gasteiger charge is 2.19. The van der Waals surface area contributed by atoms with Gasteiger partial charge in [0.2, 0.25) is 0 Å². The van der Waals surface area contributed by atoms with Crippen molar-refractivity contribution < 1.29 is 14.3 Å². The number of ether oxygens (including phenoxy) is 2. The molecule has 0 fully saturated rings. The lowest BCUT2D eigenvalue weighted by molar-refractivity contribution is 0.0749. The first-order valence-corrected chi connectivity index (χ1v) is 11.2. The van der Waals surface area contributed by atoms with Gasteiger partial charge in [0.1, 0.15) is 0 Å². The molecule has 0 atom stereocenters. The fourth-order valence-electron chi connectivity index (χ4n) is 2.93. The van der Waals surface area contributed by atoms with Gasteiger partial charge in [0, 0.05) is 29.1 Å². The normalized spacial score (nSPS) is 10.6. The first-order chi connectivity index (χ1) is 14.2. The van der Waals surface area contributed by atoms with E-state index in [4.69, 9.17) is 9.47 Å². The number of aromatic nitrogens is 1. The molecule has 0 N–H and O–H groups in total. The molecule has 3 rings (SSSR count). The molecule has 7 heteroatoms. The van der Waals surface area contributed by atoms with Gasteiger partial charge in [-0.3, -0.25) is 4.79 Å². The standard InChI is InChI=1S/C22H24N2O3S2/c1-4-24(12-16-9-10-19(26-2)20(11-16)27-3)22(25)18-7-5-6-8-21(18)29-14-17-13-28-15-23-17/h5-11,13,15H,4,12,14H2,1-3H3. The molecule has 0 aliphatic carbocycles. The molecule has 152 valence electrons. The van der Waals surface area contributed by atoms with Gasteiger partial charge in [-0.05, 0) is 36.8 Å². The second-order valence-electron chi connectivity index (χ2n) is 6.27. The molecule has 0 unspecified atom stereocenters. The summed E-state index contributed by atoms with van der Waals surface area (Å²) in [6.45, 7) is 3.10. The van der Waals surface area contributed by atoms with Gasteiger partial charge in [-0.2, -0.15) is 0 Å². The maximum absolute atomic E-state index is 13.3. The molecular weight excluding hydrogens is 404 g/mol. The van der Waals surface area contributed by atoms with E-state index in [9.17, 15) is 4.79 Å². The van der Waals surface area contributed by atoms with Crippen molar-refractivity contribution in [1.29, 1.82) is 0 Å². The third-order valence-electron chi connectivity index (χ3n) is 4.47.